The van der Waals surface area contributed by atoms with Crippen molar-refractivity contribution in [1.82, 2.24) is 9.13 Å². The van der Waals surface area contributed by atoms with Gasteiger partial charge in [0.25, 0.3) is 0 Å². The molecule has 11 aromatic carbocycles. The Morgan fingerprint density at radius 3 is 1.06 bits per heavy atom. The molecule has 0 amide bonds. The lowest BCUT2D eigenvalue weighted by Gasteiger charge is -2.20. The molecule has 0 N–H and O–H groups in total. The van der Waals surface area contributed by atoms with Crippen molar-refractivity contribution in [2.75, 3.05) is 0 Å². The van der Waals surface area contributed by atoms with E-state index in [2.05, 4.69) is 69.8 Å². The normalized spacial score (nSPS) is 11.2. The van der Waals surface area contributed by atoms with Crippen molar-refractivity contribution in [1.29, 1.82) is 31.6 Å². The van der Waals surface area contributed by atoms with Crippen molar-refractivity contribution in [2.45, 2.75) is 6.18 Å². The number of alkyl halides is 3. The van der Waals surface area contributed by atoms with E-state index in [1.165, 1.54) is 6.07 Å². The van der Waals surface area contributed by atoms with Gasteiger partial charge in [-0.05, 0) is 195 Å². The Kier molecular flexibility index (Phi) is 12.5. The highest BCUT2D eigenvalue weighted by Crippen LogP contribution is 2.46. The fourth-order valence-electron chi connectivity index (χ4n) is 11.6. The molecule has 390 valence electrons. The van der Waals surface area contributed by atoms with Gasteiger partial charge >= 0.3 is 6.18 Å². The van der Waals surface area contributed by atoms with E-state index in [9.17, 15) is 44.7 Å². The molecular weight excluding hydrogens is 1050 g/mol. The molecule has 13 aromatic rings. The molecule has 0 spiro atoms. The quantitative estimate of drug-likeness (QED) is 0.148. The van der Waals surface area contributed by atoms with Gasteiger partial charge in [-0.2, -0.15) is 44.7 Å². The first-order valence-electron chi connectivity index (χ1n) is 26.5. The molecule has 0 radical (unpaired) electrons. The van der Waals surface area contributed by atoms with E-state index >= 15 is 0 Å². The second-order valence-electron chi connectivity index (χ2n) is 20.3. The Morgan fingerprint density at radius 2 is 0.667 bits per heavy atom. The van der Waals surface area contributed by atoms with Crippen LogP contribution in [0.25, 0.3) is 122 Å². The number of halogens is 3. The third-order valence-electron chi connectivity index (χ3n) is 15.5. The second-order valence-corrected chi connectivity index (χ2v) is 20.3. The van der Waals surface area contributed by atoms with Crippen LogP contribution in [-0.2, 0) is 6.18 Å². The summed E-state index contributed by atoms with van der Waals surface area (Å²) in [5.41, 5.74) is 14.1. The van der Waals surface area contributed by atoms with Gasteiger partial charge in [0.1, 0.15) is 0 Å². The van der Waals surface area contributed by atoms with Crippen molar-refractivity contribution in [3.63, 3.8) is 0 Å². The molecule has 0 atom stereocenters. The van der Waals surface area contributed by atoms with Gasteiger partial charge in [0, 0.05) is 38.4 Å². The molecule has 8 nitrogen and oxygen atoms in total. The standard InChI is InChI=1S/C73H37F3N8/c74-73(75,76)58-18-20-60(57(32-58)43-82)61-21-19-59(83-68-23-14-53(49-9-1-5-44(27-49)38-77)33-64(68)65-34-54(15-24-69(65)83)50-10-2-6-45(28-50)39-78)37-62(61)63-31-48(42-81)13-22-70(63)84-71-25-16-55(51-11-3-7-46(29-51)40-79)35-66(71)67-36-56(17-26-72(67)84)52-12-4-8-47(30-52)41-80/h1-37H. The smallest absolute Gasteiger partial charge is 0.309 e. The summed E-state index contributed by atoms with van der Waals surface area (Å²) in [6, 6.07) is 81.4. The summed E-state index contributed by atoms with van der Waals surface area (Å²) in [6.45, 7) is 0. The third kappa shape index (κ3) is 8.87. The van der Waals surface area contributed by atoms with Gasteiger partial charge in [-0.15, -0.1) is 0 Å². The fraction of sp³-hybridized carbons (Fsp3) is 0.0137. The zero-order valence-corrected chi connectivity index (χ0v) is 44.1. The molecule has 0 aliphatic carbocycles. The molecule has 84 heavy (non-hydrogen) atoms. The highest BCUT2D eigenvalue weighted by molar-refractivity contribution is 6.14. The maximum Gasteiger partial charge on any atom is 0.416 e. The molecule has 0 saturated heterocycles. The van der Waals surface area contributed by atoms with E-state index in [0.717, 1.165) is 100 Å². The van der Waals surface area contributed by atoms with Crippen LogP contribution in [0, 0.1) is 68.0 Å². The van der Waals surface area contributed by atoms with Crippen LogP contribution in [0.5, 0.6) is 0 Å². The summed E-state index contributed by atoms with van der Waals surface area (Å²) in [5, 5.41) is 64.3. The number of aromatic nitrogens is 2. The van der Waals surface area contributed by atoms with Gasteiger partial charge in [-0.3, -0.25) is 0 Å². The number of rotatable bonds is 8. The highest BCUT2D eigenvalue weighted by Gasteiger charge is 2.32. The van der Waals surface area contributed by atoms with Crippen LogP contribution in [-0.4, -0.2) is 9.13 Å². The molecule has 0 aliphatic heterocycles. The first-order chi connectivity index (χ1) is 40.9. The van der Waals surface area contributed by atoms with Crippen molar-refractivity contribution >= 4 is 43.6 Å². The predicted octanol–water partition coefficient (Wildman–Crippen LogP) is 18.1. The van der Waals surface area contributed by atoms with Crippen LogP contribution in [0.3, 0.4) is 0 Å². The van der Waals surface area contributed by atoms with E-state index in [1.54, 1.807) is 36.4 Å². The van der Waals surface area contributed by atoms with Crippen molar-refractivity contribution in [2.24, 2.45) is 0 Å². The van der Waals surface area contributed by atoms with Gasteiger partial charge in [0.2, 0.25) is 0 Å². The number of nitriles is 6. The maximum atomic E-state index is 14.4. The highest BCUT2D eigenvalue weighted by atomic mass is 19.4. The fourth-order valence-corrected chi connectivity index (χ4v) is 11.6. The zero-order chi connectivity index (χ0) is 57.8. The molecule has 0 fully saturated rings. The van der Waals surface area contributed by atoms with Crippen LogP contribution in [0.4, 0.5) is 13.2 Å². The van der Waals surface area contributed by atoms with Crippen molar-refractivity contribution < 1.29 is 13.2 Å². The van der Waals surface area contributed by atoms with Crippen LogP contribution >= 0.6 is 0 Å². The summed E-state index contributed by atoms with van der Waals surface area (Å²) < 4.78 is 47.5. The van der Waals surface area contributed by atoms with E-state index in [-0.39, 0.29) is 11.1 Å². The number of fused-ring (bicyclic) bond motifs is 6. The number of benzene rings is 11. The summed E-state index contributed by atoms with van der Waals surface area (Å²) in [6.07, 6.45) is -4.73. The van der Waals surface area contributed by atoms with Gasteiger partial charge in [0.15, 0.2) is 0 Å². The Hall–Kier alpha value is -12.3. The van der Waals surface area contributed by atoms with Crippen LogP contribution in [0.15, 0.2) is 224 Å². The van der Waals surface area contributed by atoms with E-state index in [1.807, 2.05) is 146 Å². The molecule has 0 saturated carbocycles. The van der Waals surface area contributed by atoms with Crippen LogP contribution in [0.2, 0.25) is 0 Å². The zero-order valence-electron chi connectivity index (χ0n) is 44.1. The van der Waals surface area contributed by atoms with Crippen molar-refractivity contribution in [3.05, 3.63) is 263 Å². The van der Waals surface area contributed by atoms with Gasteiger partial charge < -0.3 is 9.13 Å². The average Bonchev–Trinajstić information content (AvgIpc) is 2.27. The van der Waals surface area contributed by atoms with E-state index in [0.29, 0.717) is 55.9 Å². The Labute approximate surface area is 479 Å². The molecule has 0 bridgehead atoms. The minimum absolute atomic E-state index is 0.201. The summed E-state index contributed by atoms with van der Waals surface area (Å²) in [7, 11) is 0. The van der Waals surface area contributed by atoms with Gasteiger partial charge in [-0.25, -0.2) is 0 Å². The Bertz CT molecular complexity index is 5000. The average molecular weight is 1080 g/mol. The number of nitrogens with zero attached hydrogens (tertiary/aromatic N) is 8. The Morgan fingerprint density at radius 1 is 0.286 bits per heavy atom. The summed E-state index contributed by atoms with van der Waals surface area (Å²) in [5.74, 6) is 0. The van der Waals surface area contributed by atoms with Gasteiger partial charge in [0.05, 0.1) is 103 Å². The summed E-state index contributed by atoms with van der Waals surface area (Å²) >= 11 is 0. The lowest BCUT2D eigenvalue weighted by Crippen LogP contribution is -2.06. The molecule has 11 heteroatoms. The molecule has 13 rings (SSSR count). The van der Waals surface area contributed by atoms with Crippen molar-refractivity contribution in [3.8, 4) is 115 Å². The SMILES string of the molecule is N#Cc1cccc(-c2ccc3c(c2)c2cc(-c4cccc(C#N)c4)ccc2n3-c2ccc(-c3ccc(C(F)(F)F)cc3C#N)c(-c3cc(C#N)ccc3-n3c4ccc(-c5cccc(C#N)c5)cc4c4cc(-c5cccc(C#N)c5)ccc43)c2)c1. The van der Waals surface area contributed by atoms with E-state index < -0.39 is 11.7 Å². The number of hydrogen-bond donors (Lipinski definition) is 0. The van der Waals surface area contributed by atoms with E-state index in [4.69, 9.17) is 0 Å². The van der Waals surface area contributed by atoms with Crippen LogP contribution in [0.1, 0.15) is 38.9 Å². The first-order valence-corrected chi connectivity index (χ1v) is 26.5. The minimum Gasteiger partial charge on any atom is -0.309 e. The molecule has 2 heterocycles. The summed E-state index contributed by atoms with van der Waals surface area (Å²) in [4.78, 5) is 0. The molecular formula is C73H37F3N8. The lowest BCUT2D eigenvalue weighted by molar-refractivity contribution is -0.137. The Balaban J connectivity index is 1.10. The monoisotopic (exact) mass is 1080 g/mol. The molecule has 0 unspecified atom stereocenters. The molecule has 0 aliphatic rings. The van der Waals surface area contributed by atoms with Gasteiger partial charge in [-0.1, -0.05) is 84.9 Å². The minimum atomic E-state index is -4.73. The first kappa shape index (κ1) is 51.2. The molecule has 2 aromatic heterocycles. The predicted molar refractivity (Wildman–Crippen MR) is 321 cm³/mol. The number of hydrogen-bond acceptors (Lipinski definition) is 6. The largest absolute Gasteiger partial charge is 0.416 e. The second kappa shape index (κ2) is 20.4. The maximum absolute atomic E-state index is 14.4. The van der Waals surface area contributed by atoms with Crippen LogP contribution < -0.4 is 0 Å². The lowest BCUT2D eigenvalue weighted by atomic mass is 9.89. The topological polar surface area (TPSA) is 153 Å². The third-order valence-corrected chi connectivity index (χ3v) is 15.5.